The maximum absolute atomic E-state index is 12.0. The molecule has 8 nitrogen and oxygen atoms in total. The van der Waals surface area contributed by atoms with Crippen LogP contribution in [0.2, 0.25) is 0 Å². The van der Waals surface area contributed by atoms with Gasteiger partial charge >= 0.3 is 0 Å². The molecule has 0 aliphatic rings. The van der Waals surface area contributed by atoms with Crippen molar-refractivity contribution >= 4 is 5.91 Å². The Labute approximate surface area is 131 Å². The van der Waals surface area contributed by atoms with E-state index in [1.54, 1.807) is 36.9 Å². The molecule has 23 heavy (non-hydrogen) atoms. The number of pyridine rings is 1. The maximum Gasteiger partial charge on any atom is 0.267 e. The highest BCUT2D eigenvalue weighted by molar-refractivity contribution is 5.75. The summed E-state index contributed by atoms with van der Waals surface area (Å²) in [6, 6.07) is 8.28. The molecule has 0 aromatic carbocycles. The number of hydrogen-bond donors (Lipinski definition) is 1. The largest absolute Gasteiger partial charge is 0.350 e. The number of carbonyl (C=O) groups excluding carboxylic acids is 1. The third-order valence-electron chi connectivity index (χ3n) is 3.12. The molecule has 116 valence electrons. The zero-order valence-corrected chi connectivity index (χ0v) is 12.2. The molecule has 0 aliphatic carbocycles. The number of hydrogen-bond acceptors (Lipinski definition) is 5. The van der Waals surface area contributed by atoms with E-state index in [0.717, 1.165) is 10.2 Å². The van der Waals surface area contributed by atoms with Crippen molar-refractivity contribution < 1.29 is 4.79 Å². The Balaban J connectivity index is 1.68. The minimum absolute atomic E-state index is 0.154. The van der Waals surface area contributed by atoms with Crippen molar-refractivity contribution in [1.29, 1.82) is 0 Å². The predicted molar refractivity (Wildman–Crippen MR) is 81.7 cm³/mol. The fourth-order valence-electron chi connectivity index (χ4n) is 1.97. The normalized spacial score (nSPS) is 10.4. The number of amides is 1. The van der Waals surface area contributed by atoms with Crippen LogP contribution in [0.1, 0.15) is 5.56 Å². The molecule has 3 heterocycles. The van der Waals surface area contributed by atoms with Gasteiger partial charge in [0, 0.05) is 37.4 Å². The Hall–Kier alpha value is -3.29. The Kier molecular flexibility index (Phi) is 4.23. The van der Waals surface area contributed by atoms with Gasteiger partial charge in [0.2, 0.25) is 5.91 Å². The van der Waals surface area contributed by atoms with Gasteiger partial charge in [-0.25, -0.2) is 9.36 Å². The van der Waals surface area contributed by atoms with E-state index in [4.69, 9.17) is 0 Å². The number of carbonyl (C=O) groups is 1. The van der Waals surface area contributed by atoms with Crippen LogP contribution < -0.4 is 10.9 Å². The molecule has 0 aliphatic heterocycles. The molecular formula is C15H14N6O2. The number of nitrogens with zero attached hydrogens (tertiary/aromatic N) is 5. The summed E-state index contributed by atoms with van der Waals surface area (Å²) in [5.74, 6) is 0.172. The molecule has 0 saturated heterocycles. The fraction of sp³-hybridized carbons (Fsp3) is 0.133. The maximum atomic E-state index is 12.0. The SMILES string of the molecule is O=C(Cn1nc(-n2cccn2)ccc1=O)NCc1ccncc1. The molecule has 3 aromatic heterocycles. The van der Waals surface area contributed by atoms with Crippen molar-refractivity contribution in [3.8, 4) is 5.82 Å². The first-order valence-corrected chi connectivity index (χ1v) is 6.96. The van der Waals surface area contributed by atoms with E-state index in [1.807, 2.05) is 12.1 Å². The van der Waals surface area contributed by atoms with E-state index >= 15 is 0 Å². The molecule has 3 aromatic rings. The zero-order chi connectivity index (χ0) is 16.1. The lowest BCUT2D eigenvalue weighted by molar-refractivity contribution is -0.122. The molecule has 0 fully saturated rings. The van der Waals surface area contributed by atoms with Crippen molar-refractivity contribution in [2.24, 2.45) is 0 Å². The second-order valence-electron chi connectivity index (χ2n) is 4.77. The highest BCUT2D eigenvalue weighted by Crippen LogP contribution is 1.98. The number of rotatable bonds is 5. The van der Waals surface area contributed by atoms with Crippen LogP contribution in [0.5, 0.6) is 0 Å². The first kappa shape index (κ1) is 14.6. The van der Waals surface area contributed by atoms with Crippen LogP contribution in [0.4, 0.5) is 0 Å². The molecule has 0 unspecified atom stereocenters. The van der Waals surface area contributed by atoms with Crippen LogP contribution in [0, 0.1) is 0 Å². The monoisotopic (exact) mass is 310 g/mol. The number of nitrogens with one attached hydrogen (secondary N) is 1. The van der Waals surface area contributed by atoms with Gasteiger partial charge in [0.1, 0.15) is 6.54 Å². The van der Waals surface area contributed by atoms with Crippen LogP contribution in [0.25, 0.3) is 5.82 Å². The third-order valence-corrected chi connectivity index (χ3v) is 3.12. The lowest BCUT2D eigenvalue weighted by atomic mass is 10.3. The van der Waals surface area contributed by atoms with Crippen LogP contribution >= 0.6 is 0 Å². The summed E-state index contributed by atoms with van der Waals surface area (Å²) in [6.07, 6.45) is 6.63. The third kappa shape index (κ3) is 3.67. The molecule has 3 rings (SSSR count). The van der Waals surface area contributed by atoms with Crippen molar-refractivity contribution in [2.75, 3.05) is 0 Å². The lowest BCUT2D eigenvalue weighted by Gasteiger charge is -2.08. The Bertz CT molecular complexity index is 842. The van der Waals surface area contributed by atoms with E-state index < -0.39 is 0 Å². The van der Waals surface area contributed by atoms with Crippen LogP contribution in [0.15, 0.2) is 59.9 Å². The summed E-state index contributed by atoms with van der Waals surface area (Å²) < 4.78 is 2.63. The standard InChI is InChI=1S/C15H14N6O2/c22-14(17-10-12-4-7-16-8-5-12)11-21-15(23)3-2-13(19-21)20-9-1-6-18-20/h1-9H,10-11H2,(H,17,22). The smallest absolute Gasteiger partial charge is 0.267 e. The first-order valence-electron chi connectivity index (χ1n) is 6.96. The van der Waals surface area contributed by atoms with Gasteiger partial charge in [-0.1, -0.05) is 0 Å². The quantitative estimate of drug-likeness (QED) is 0.723. The van der Waals surface area contributed by atoms with Crippen molar-refractivity contribution in [3.05, 3.63) is 71.0 Å². The minimum Gasteiger partial charge on any atom is -0.350 e. The summed E-state index contributed by atoms with van der Waals surface area (Å²) in [5.41, 5.74) is 0.582. The van der Waals surface area contributed by atoms with Gasteiger partial charge in [0.05, 0.1) is 0 Å². The molecule has 0 saturated carbocycles. The molecule has 0 spiro atoms. The molecular weight excluding hydrogens is 296 g/mol. The molecule has 0 bridgehead atoms. The van der Waals surface area contributed by atoms with Gasteiger partial charge in [-0.2, -0.15) is 5.10 Å². The lowest BCUT2D eigenvalue weighted by Crippen LogP contribution is -2.33. The van der Waals surface area contributed by atoms with E-state index in [1.165, 1.54) is 10.7 Å². The molecule has 1 N–H and O–H groups in total. The Morgan fingerprint density at radius 2 is 1.96 bits per heavy atom. The summed E-state index contributed by atoms with van der Waals surface area (Å²) in [6.45, 7) is 0.216. The van der Waals surface area contributed by atoms with E-state index in [2.05, 4.69) is 20.5 Å². The average molecular weight is 310 g/mol. The van der Waals surface area contributed by atoms with Gasteiger partial charge in [-0.05, 0) is 29.8 Å². The second kappa shape index (κ2) is 6.65. The van der Waals surface area contributed by atoms with Crippen molar-refractivity contribution in [1.82, 2.24) is 29.9 Å². The molecule has 1 amide bonds. The predicted octanol–water partition coefficient (Wildman–Crippen LogP) is 0.140. The van der Waals surface area contributed by atoms with Crippen molar-refractivity contribution in [3.63, 3.8) is 0 Å². The van der Waals surface area contributed by atoms with Crippen LogP contribution in [-0.2, 0) is 17.9 Å². The summed E-state index contributed by atoms with van der Waals surface area (Å²) in [5, 5.41) is 10.9. The van der Waals surface area contributed by atoms with Gasteiger partial charge < -0.3 is 5.32 Å². The minimum atomic E-state index is -0.347. The van der Waals surface area contributed by atoms with E-state index in [-0.39, 0.29) is 18.0 Å². The van der Waals surface area contributed by atoms with Gasteiger partial charge in [-0.15, -0.1) is 5.10 Å². The zero-order valence-electron chi connectivity index (χ0n) is 12.2. The van der Waals surface area contributed by atoms with Crippen LogP contribution in [0.3, 0.4) is 0 Å². The average Bonchev–Trinajstić information content (AvgIpc) is 3.10. The first-order chi connectivity index (χ1) is 11.2. The summed E-state index contributed by atoms with van der Waals surface area (Å²) in [7, 11) is 0. The Morgan fingerprint density at radius 3 is 2.70 bits per heavy atom. The topological polar surface area (TPSA) is 94.7 Å². The van der Waals surface area contributed by atoms with Gasteiger partial charge in [0.25, 0.3) is 5.56 Å². The summed E-state index contributed by atoms with van der Waals surface area (Å²) in [4.78, 5) is 27.7. The van der Waals surface area contributed by atoms with Gasteiger partial charge in [-0.3, -0.25) is 14.6 Å². The van der Waals surface area contributed by atoms with E-state index in [9.17, 15) is 9.59 Å². The van der Waals surface area contributed by atoms with Crippen molar-refractivity contribution in [2.45, 2.75) is 13.1 Å². The Morgan fingerprint density at radius 1 is 1.13 bits per heavy atom. The molecule has 0 atom stereocenters. The highest BCUT2D eigenvalue weighted by Gasteiger charge is 2.07. The molecule has 0 radical (unpaired) electrons. The molecule has 8 heteroatoms. The number of aromatic nitrogens is 5. The fourth-order valence-corrected chi connectivity index (χ4v) is 1.97. The van der Waals surface area contributed by atoms with Gasteiger partial charge in [0.15, 0.2) is 5.82 Å². The summed E-state index contributed by atoms with van der Waals surface area (Å²) >= 11 is 0. The highest BCUT2D eigenvalue weighted by atomic mass is 16.2. The van der Waals surface area contributed by atoms with Crippen LogP contribution in [-0.4, -0.2) is 30.5 Å². The van der Waals surface area contributed by atoms with E-state index in [0.29, 0.717) is 12.4 Å². The second-order valence-corrected chi connectivity index (χ2v) is 4.77.